The monoisotopic (exact) mass is 326 g/mol. The molecule has 116 valence electrons. The van der Waals surface area contributed by atoms with Crippen molar-refractivity contribution in [2.75, 3.05) is 13.2 Å². The maximum absolute atomic E-state index is 10.5. The summed E-state index contributed by atoms with van der Waals surface area (Å²) in [4.78, 5) is 25.9. The summed E-state index contributed by atoms with van der Waals surface area (Å²) >= 11 is 0. The number of ketones is 1. The number of rotatable bonds is 7. The van der Waals surface area contributed by atoms with Gasteiger partial charge in [-0.2, -0.15) is 0 Å². The largest absolute Gasteiger partial charge is 0.394 e. The van der Waals surface area contributed by atoms with Gasteiger partial charge in [-0.15, -0.1) is 0 Å². The Bertz CT molecular complexity index is 296. The summed E-state index contributed by atoms with van der Waals surface area (Å²) in [5.41, 5.74) is 0. The van der Waals surface area contributed by atoms with Gasteiger partial charge in [0.05, 0.1) is 6.61 Å². The Morgan fingerprint density at radius 1 is 1.05 bits per heavy atom. The first-order valence-electron chi connectivity index (χ1n) is 4.59. The number of aliphatic hydroxyl groups excluding tert-OH is 5. The predicted octanol–water partition coefficient (Wildman–Crippen LogP) is -3.61. The third-order valence-corrected chi connectivity index (χ3v) is 2.96. The molecule has 0 aromatic heterocycles. The van der Waals surface area contributed by atoms with Crippen molar-refractivity contribution in [3.63, 3.8) is 0 Å². The van der Waals surface area contributed by atoms with Crippen LogP contribution in [0.3, 0.4) is 0 Å². The van der Waals surface area contributed by atoms with E-state index in [9.17, 15) is 13.9 Å². The predicted molar refractivity (Wildman–Crippen MR) is 60.7 cm³/mol. The third kappa shape index (κ3) is 11.3. The van der Waals surface area contributed by atoms with Gasteiger partial charge in [-0.25, -0.2) is 4.31 Å². The molecule has 0 aromatic carbocycles. The molecular weight excluding hydrogens is 310 g/mol. The van der Waals surface area contributed by atoms with E-state index in [0.29, 0.717) is 0 Å². The van der Waals surface area contributed by atoms with E-state index in [2.05, 4.69) is 4.31 Å². The molecule has 0 fully saturated rings. The highest BCUT2D eigenvalue weighted by Gasteiger charge is 2.28. The number of hydrogen-bond donors (Lipinski definition) is 7. The van der Waals surface area contributed by atoms with Gasteiger partial charge in [-0.05, 0) is 0 Å². The molecule has 0 aliphatic rings. The third-order valence-electron chi connectivity index (χ3n) is 1.57. The Morgan fingerprint density at radius 3 is 1.68 bits per heavy atom. The van der Waals surface area contributed by atoms with Crippen molar-refractivity contribution in [3.05, 3.63) is 0 Å². The van der Waals surface area contributed by atoms with Crippen molar-refractivity contribution in [2.24, 2.45) is 0 Å². The molecule has 5 unspecified atom stereocenters. The van der Waals surface area contributed by atoms with Crippen LogP contribution in [-0.2, 0) is 18.2 Å². The van der Waals surface area contributed by atoms with E-state index in [1.54, 1.807) is 0 Å². The number of carbonyl (C=O) groups excluding carboxylic acids is 1. The van der Waals surface area contributed by atoms with E-state index >= 15 is 0 Å². The van der Waals surface area contributed by atoms with Gasteiger partial charge >= 0.3 is 16.5 Å². The minimum atomic E-state index is -3.20. The first-order chi connectivity index (χ1) is 8.67. The molecule has 0 aliphatic heterocycles. The van der Waals surface area contributed by atoms with E-state index < -0.39 is 53.8 Å². The molecular formula is C6H16O11P2. The van der Waals surface area contributed by atoms with Gasteiger partial charge in [-0.3, -0.25) is 13.9 Å². The van der Waals surface area contributed by atoms with Gasteiger partial charge in [-0.1, -0.05) is 0 Å². The average molecular weight is 326 g/mol. The van der Waals surface area contributed by atoms with Crippen molar-refractivity contribution in [2.45, 2.75) is 18.3 Å². The summed E-state index contributed by atoms with van der Waals surface area (Å²) in [6, 6.07) is 0. The van der Waals surface area contributed by atoms with Crippen LogP contribution >= 0.6 is 16.5 Å². The van der Waals surface area contributed by atoms with Crippen molar-refractivity contribution < 1.29 is 53.6 Å². The van der Waals surface area contributed by atoms with Gasteiger partial charge in [0.15, 0.2) is 5.78 Å². The first kappa shape index (κ1) is 21.1. The Morgan fingerprint density at radius 2 is 1.47 bits per heavy atom. The van der Waals surface area contributed by atoms with E-state index in [1.807, 2.05) is 0 Å². The van der Waals surface area contributed by atoms with Crippen molar-refractivity contribution >= 4 is 22.3 Å². The van der Waals surface area contributed by atoms with E-state index in [4.69, 9.17) is 35.3 Å². The maximum Gasteiger partial charge on any atom is 0.323 e. The summed E-state index contributed by atoms with van der Waals surface area (Å²) in [7, 11) is -6.40. The SMILES string of the molecule is O=C(CO)C(O)C(O)C(O)CO.O=[PH](O)O[PH](=O)O. The lowest BCUT2D eigenvalue weighted by atomic mass is 10.1. The Kier molecular flexibility index (Phi) is 12.9. The molecule has 0 spiro atoms. The van der Waals surface area contributed by atoms with Gasteiger partial charge in [0.1, 0.15) is 24.9 Å². The molecule has 0 amide bonds. The van der Waals surface area contributed by atoms with Crippen LogP contribution in [0.2, 0.25) is 0 Å². The summed E-state index contributed by atoms with van der Waals surface area (Å²) in [6.07, 6.45) is -5.22. The molecule has 0 heterocycles. The molecule has 7 N–H and O–H groups in total. The van der Waals surface area contributed by atoms with E-state index in [0.717, 1.165) is 0 Å². The molecule has 0 aromatic rings. The average Bonchev–Trinajstić information content (AvgIpc) is 2.34. The smallest absolute Gasteiger partial charge is 0.323 e. The van der Waals surface area contributed by atoms with Crippen LogP contribution in [0.5, 0.6) is 0 Å². The second-order valence-electron chi connectivity index (χ2n) is 2.94. The Balaban J connectivity index is 0. The van der Waals surface area contributed by atoms with Crippen LogP contribution in [0.15, 0.2) is 0 Å². The lowest BCUT2D eigenvalue weighted by Gasteiger charge is -2.19. The summed E-state index contributed by atoms with van der Waals surface area (Å²) in [6.45, 7) is -1.69. The molecule has 0 bridgehead atoms. The fourth-order valence-corrected chi connectivity index (χ4v) is 1.27. The van der Waals surface area contributed by atoms with E-state index in [-0.39, 0.29) is 0 Å². The molecule has 0 aliphatic carbocycles. The summed E-state index contributed by atoms with van der Waals surface area (Å²) in [5.74, 6) is -1.00. The summed E-state index contributed by atoms with van der Waals surface area (Å²) in [5, 5.41) is 43.1. The summed E-state index contributed by atoms with van der Waals surface area (Å²) < 4.78 is 22.3. The number of Topliss-reactive ketones (excluding diaryl/α,β-unsaturated/α-hetero) is 1. The molecule has 19 heavy (non-hydrogen) atoms. The normalized spacial score (nSPS) is 18.5. The Hall–Kier alpha value is -0.190. The number of carbonyl (C=O) groups is 1. The van der Waals surface area contributed by atoms with Crippen LogP contribution in [-0.4, -0.2) is 72.6 Å². The number of hydrogen-bond acceptors (Lipinski definition) is 9. The molecule has 0 saturated carbocycles. The maximum atomic E-state index is 10.5. The molecule has 0 rings (SSSR count). The highest BCUT2D eigenvalue weighted by Crippen LogP contribution is 2.30. The van der Waals surface area contributed by atoms with Crippen molar-refractivity contribution in [1.82, 2.24) is 0 Å². The lowest BCUT2D eigenvalue weighted by Crippen LogP contribution is -2.44. The topological polar surface area (TPSA) is 202 Å². The van der Waals surface area contributed by atoms with Crippen LogP contribution in [0.4, 0.5) is 0 Å². The Labute approximate surface area is 108 Å². The van der Waals surface area contributed by atoms with Crippen LogP contribution < -0.4 is 0 Å². The second kappa shape index (κ2) is 11.6. The highest BCUT2D eigenvalue weighted by molar-refractivity contribution is 7.46. The molecule has 5 atom stereocenters. The van der Waals surface area contributed by atoms with Crippen molar-refractivity contribution in [3.8, 4) is 0 Å². The fourth-order valence-electron chi connectivity index (χ4n) is 0.677. The van der Waals surface area contributed by atoms with Gasteiger partial charge in [0.2, 0.25) is 0 Å². The highest BCUT2D eigenvalue weighted by atomic mass is 31.2. The zero-order valence-electron chi connectivity index (χ0n) is 9.41. The molecule has 11 nitrogen and oxygen atoms in total. The van der Waals surface area contributed by atoms with Gasteiger partial charge < -0.3 is 35.3 Å². The quantitative estimate of drug-likeness (QED) is 0.228. The molecule has 13 heteroatoms. The van der Waals surface area contributed by atoms with Crippen LogP contribution in [0, 0.1) is 0 Å². The minimum absolute atomic E-state index is 0.767. The zero-order valence-corrected chi connectivity index (χ0v) is 11.4. The molecule has 0 saturated heterocycles. The lowest BCUT2D eigenvalue weighted by molar-refractivity contribution is -0.142. The first-order valence-corrected chi connectivity index (χ1v) is 7.12. The van der Waals surface area contributed by atoms with Crippen LogP contribution in [0.1, 0.15) is 0 Å². The van der Waals surface area contributed by atoms with E-state index in [1.165, 1.54) is 0 Å². The molecule has 0 radical (unpaired) electrons. The van der Waals surface area contributed by atoms with Crippen LogP contribution in [0.25, 0.3) is 0 Å². The fraction of sp³-hybridized carbons (Fsp3) is 0.833. The minimum Gasteiger partial charge on any atom is -0.394 e. The van der Waals surface area contributed by atoms with Gasteiger partial charge in [0, 0.05) is 0 Å². The zero-order chi connectivity index (χ0) is 15.6. The van der Waals surface area contributed by atoms with Gasteiger partial charge in [0.25, 0.3) is 0 Å². The second-order valence-corrected chi connectivity index (χ2v) is 4.82. The standard InChI is InChI=1S/C6H12O6.H4O5P2/c7-1-3(9)5(11)6(12)4(10)2-8;1-6(2)5-7(3)4/h3,5-9,11-12H,1-2H2;6-7H,(H,1,2)(H,3,4). The van der Waals surface area contributed by atoms with Crippen molar-refractivity contribution in [1.29, 1.82) is 0 Å². The number of aliphatic hydroxyl groups is 5.